The Balaban J connectivity index is 1.55. The summed E-state index contributed by atoms with van der Waals surface area (Å²) >= 11 is 0. The Labute approximate surface area is 184 Å². The minimum atomic E-state index is -1.06. The highest BCUT2D eigenvalue weighted by atomic mass is 16.5. The van der Waals surface area contributed by atoms with E-state index in [0.717, 1.165) is 54.1 Å². The fourth-order valence-electron chi connectivity index (χ4n) is 4.95. The Kier molecular flexibility index (Phi) is 5.24. The van der Waals surface area contributed by atoms with Gasteiger partial charge in [-0.1, -0.05) is 66.7 Å². The minimum absolute atomic E-state index is 0.540. The third-order valence-corrected chi connectivity index (χ3v) is 6.56. The van der Waals surface area contributed by atoms with E-state index in [9.17, 15) is 5.11 Å². The average Bonchev–Trinajstić information content (AvgIpc) is 2.97. The van der Waals surface area contributed by atoms with Crippen molar-refractivity contribution in [1.29, 1.82) is 0 Å². The van der Waals surface area contributed by atoms with Gasteiger partial charge in [-0.25, -0.2) is 0 Å². The van der Waals surface area contributed by atoms with Crippen LogP contribution in [0.1, 0.15) is 36.8 Å². The fraction of sp³-hybridized carbons (Fsp3) is 0.296. The average molecular weight is 414 g/mol. The van der Waals surface area contributed by atoms with Crippen molar-refractivity contribution in [1.82, 2.24) is 5.01 Å². The van der Waals surface area contributed by atoms with Gasteiger partial charge >= 0.3 is 0 Å². The summed E-state index contributed by atoms with van der Waals surface area (Å²) in [6.07, 6.45) is 3.92. The molecule has 3 aromatic carbocycles. The van der Waals surface area contributed by atoms with Gasteiger partial charge in [0, 0.05) is 12.0 Å². The molecule has 1 N–H and O–H groups in total. The molecule has 158 valence electrons. The molecule has 0 radical (unpaired) electrons. The van der Waals surface area contributed by atoms with Crippen LogP contribution in [-0.4, -0.2) is 40.7 Å². The van der Waals surface area contributed by atoms with Crippen molar-refractivity contribution in [2.45, 2.75) is 31.4 Å². The van der Waals surface area contributed by atoms with Crippen LogP contribution < -0.4 is 4.74 Å². The first-order valence-electron chi connectivity index (χ1n) is 11.1. The summed E-state index contributed by atoms with van der Waals surface area (Å²) < 4.78 is 7.96. The lowest BCUT2D eigenvalue weighted by molar-refractivity contribution is -0.706. The highest BCUT2D eigenvalue weighted by molar-refractivity contribution is 6.00. The Bertz CT molecular complexity index is 1090. The molecule has 1 fully saturated rings. The number of ether oxygens (including phenoxy) is 1. The van der Waals surface area contributed by atoms with Crippen LogP contribution in [0, 0.1) is 0 Å². The van der Waals surface area contributed by atoms with Gasteiger partial charge in [0.15, 0.2) is 6.54 Å². The van der Waals surface area contributed by atoms with E-state index in [1.165, 1.54) is 12.0 Å². The van der Waals surface area contributed by atoms with Crippen LogP contribution in [0.4, 0.5) is 0 Å². The van der Waals surface area contributed by atoms with E-state index in [1.807, 2.05) is 24.3 Å². The maximum atomic E-state index is 12.1. The fourth-order valence-corrected chi connectivity index (χ4v) is 4.95. The molecular formula is C27H29N2O2+. The van der Waals surface area contributed by atoms with Gasteiger partial charge in [-0.05, 0) is 36.1 Å². The summed E-state index contributed by atoms with van der Waals surface area (Å²) in [6, 6.07) is 26.9. The molecule has 2 aliphatic heterocycles. The number of para-hydroxylation sites is 1. The van der Waals surface area contributed by atoms with Crippen molar-refractivity contribution in [3.8, 4) is 16.9 Å². The molecule has 0 bridgehead atoms. The van der Waals surface area contributed by atoms with Crippen LogP contribution >= 0.6 is 0 Å². The van der Waals surface area contributed by atoms with E-state index >= 15 is 0 Å². The Morgan fingerprint density at radius 3 is 2.32 bits per heavy atom. The topological polar surface area (TPSA) is 35.7 Å². The summed E-state index contributed by atoms with van der Waals surface area (Å²) in [7, 11) is 1.71. The minimum Gasteiger partial charge on any atom is -0.496 e. The van der Waals surface area contributed by atoms with Gasteiger partial charge in [-0.3, -0.25) is 0 Å². The van der Waals surface area contributed by atoms with Crippen molar-refractivity contribution in [2.24, 2.45) is 0 Å². The lowest BCUT2D eigenvalue weighted by Gasteiger charge is -2.30. The van der Waals surface area contributed by atoms with Crippen molar-refractivity contribution in [3.05, 3.63) is 90.0 Å². The van der Waals surface area contributed by atoms with Crippen LogP contribution in [0.2, 0.25) is 0 Å². The van der Waals surface area contributed by atoms with Crippen molar-refractivity contribution in [3.63, 3.8) is 0 Å². The van der Waals surface area contributed by atoms with E-state index in [4.69, 9.17) is 4.74 Å². The normalized spacial score (nSPS) is 21.0. The Morgan fingerprint density at radius 1 is 0.839 bits per heavy atom. The lowest BCUT2D eigenvalue weighted by Crippen LogP contribution is -2.46. The second-order valence-corrected chi connectivity index (χ2v) is 8.39. The van der Waals surface area contributed by atoms with Crippen LogP contribution in [0.25, 0.3) is 11.1 Å². The van der Waals surface area contributed by atoms with Gasteiger partial charge in [0.25, 0.3) is 0 Å². The van der Waals surface area contributed by atoms with Crippen LogP contribution in [0.15, 0.2) is 78.9 Å². The van der Waals surface area contributed by atoms with Gasteiger partial charge in [0.05, 0.1) is 25.6 Å². The lowest BCUT2D eigenvalue weighted by atomic mass is 9.92. The maximum Gasteiger partial charge on any atom is 0.225 e. The van der Waals surface area contributed by atoms with Gasteiger partial charge < -0.3 is 9.84 Å². The Morgan fingerprint density at radius 2 is 1.55 bits per heavy atom. The second-order valence-electron chi connectivity index (χ2n) is 8.39. The van der Waals surface area contributed by atoms with Gasteiger partial charge in [-0.15, -0.1) is 9.69 Å². The molecule has 0 saturated carbocycles. The number of hydrazine groups is 1. The number of hydrogen-bond donors (Lipinski definition) is 1. The van der Waals surface area contributed by atoms with Gasteiger partial charge in [-0.2, -0.15) is 0 Å². The van der Waals surface area contributed by atoms with Crippen LogP contribution in [0.3, 0.4) is 0 Å². The summed E-state index contributed by atoms with van der Waals surface area (Å²) in [6.45, 7) is 1.76. The molecule has 0 aromatic heterocycles. The number of nitrogens with zero attached hydrogens (tertiary/aromatic N) is 2. The molecule has 4 nitrogen and oxygen atoms in total. The SMILES string of the molecule is COc1ccccc1C1=[N+]2CCCCCN2C(O)(c2ccc(-c3ccccc3)cc2)C1. The molecule has 5 rings (SSSR count). The molecule has 3 aromatic rings. The monoisotopic (exact) mass is 413 g/mol. The smallest absolute Gasteiger partial charge is 0.225 e. The summed E-state index contributed by atoms with van der Waals surface area (Å²) in [5.41, 5.74) is 4.42. The molecule has 0 aliphatic carbocycles. The molecule has 31 heavy (non-hydrogen) atoms. The molecule has 2 aliphatic rings. The molecule has 0 spiro atoms. The maximum absolute atomic E-state index is 12.1. The standard InChI is InChI=1S/C27H29N2O2/c1-31-26-13-7-6-12-24(26)25-20-27(30,29-19-9-3-8-18-28(25)29)23-16-14-22(15-17-23)21-10-4-2-5-11-21/h2,4-7,10-17,30H,3,8-9,18-20H2,1H3/q+1. The predicted molar refractivity (Wildman–Crippen MR) is 123 cm³/mol. The number of methoxy groups -OCH3 is 1. The van der Waals surface area contributed by atoms with E-state index in [1.54, 1.807) is 7.11 Å². The first-order valence-corrected chi connectivity index (χ1v) is 11.1. The molecule has 1 unspecified atom stereocenters. The summed E-state index contributed by atoms with van der Waals surface area (Å²) in [5.74, 6) is 0.852. The zero-order chi connectivity index (χ0) is 21.3. The zero-order valence-corrected chi connectivity index (χ0v) is 18.0. The second kappa shape index (κ2) is 8.20. The van der Waals surface area contributed by atoms with Crippen LogP contribution in [0.5, 0.6) is 5.75 Å². The number of aliphatic hydroxyl groups is 1. The third-order valence-electron chi connectivity index (χ3n) is 6.56. The summed E-state index contributed by atoms with van der Waals surface area (Å²) in [5, 5.41) is 14.2. The van der Waals surface area contributed by atoms with E-state index < -0.39 is 5.72 Å². The highest BCUT2D eigenvalue weighted by Gasteiger charge is 2.52. The summed E-state index contributed by atoms with van der Waals surface area (Å²) in [4.78, 5) is 0. The Hall–Kier alpha value is -3.11. The van der Waals surface area contributed by atoms with E-state index in [-0.39, 0.29) is 0 Å². The van der Waals surface area contributed by atoms with E-state index in [0.29, 0.717) is 6.42 Å². The van der Waals surface area contributed by atoms with E-state index in [2.05, 4.69) is 64.3 Å². The zero-order valence-electron chi connectivity index (χ0n) is 18.0. The number of fused-ring (bicyclic) bond motifs is 1. The number of hydrogen-bond acceptors (Lipinski definition) is 3. The quantitative estimate of drug-likeness (QED) is 0.624. The third kappa shape index (κ3) is 3.51. The van der Waals surface area contributed by atoms with Gasteiger partial charge in [0.1, 0.15) is 5.75 Å². The van der Waals surface area contributed by atoms with Crippen molar-refractivity contribution in [2.75, 3.05) is 20.2 Å². The first-order chi connectivity index (χ1) is 15.2. The molecule has 4 heteroatoms. The predicted octanol–water partition coefficient (Wildman–Crippen LogP) is 4.81. The van der Waals surface area contributed by atoms with Gasteiger partial charge in [0.2, 0.25) is 11.4 Å². The highest BCUT2D eigenvalue weighted by Crippen LogP contribution is 2.39. The first kappa shape index (κ1) is 19.8. The molecule has 1 saturated heterocycles. The van der Waals surface area contributed by atoms with Crippen LogP contribution in [-0.2, 0) is 5.72 Å². The van der Waals surface area contributed by atoms with Crippen molar-refractivity contribution < 1.29 is 14.5 Å². The molecule has 0 amide bonds. The number of hydrazone groups is 1. The molecule has 2 heterocycles. The number of benzene rings is 3. The molecular weight excluding hydrogens is 384 g/mol. The molecule has 1 atom stereocenters. The largest absolute Gasteiger partial charge is 0.496 e. The number of rotatable bonds is 4. The van der Waals surface area contributed by atoms with Crippen molar-refractivity contribution >= 4 is 5.71 Å².